The number of nitrogens with one attached hydrogen (secondary N) is 1. The Morgan fingerprint density at radius 2 is 2.08 bits per heavy atom. The quantitative estimate of drug-likeness (QED) is 0.417. The number of aromatic nitrogens is 3. The number of H-pyrrole nitrogens is 1. The van der Waals surface area contributed by atoms with Crippen molar-refractivity contribution in [2.45, 2.75) is 5.16 Å². The van der Waals surface area contributed by atoms with Gasteiger partial charge in [-0.3, -0.25) is 0 Å². The van der Waals surface area contributed by atoms with Crippen LogP contribution in [0.1, 0.15) is 11.3 Å². The molecule has 0 aliphatic carbocycles. The van der Waals surface area contributed by atoms with E-state index in [1.54, 1.807) is 42.9 Å². The Hall–Kier alpha value is -2.91. The molecule has 0 radical (unpaired) electrons. The maximum Gasteiger partial charge on any atom is 0.210 e. The molecule has 0 unspecified atom stereocenters. The molecular weight excluding hydrogens is 325 g/mol. The van der Waals surface area contributed by atoms with E-state index in [1.807, 2.05) is 6.26 Å². The number of ether oxygens (including phenoxy) is 1. The van der Waals surface area contributed by atoms with Crippen LogP contribution in [0.5, 0.6) is 11.5 Å². The van der Waals surface area contributed by atoms with Crippen LogP contribution in [0.25, 0.3) is 0 Å². The predicted octanol–water partition coefficient (Wildman–Crippen LogP) is 3.34. The summed E-state index contributed by atoms with van der Waals surface area (Å²) in [5.41, 5.74) is 1.09. The summed E-state index contributed by atoms with van der Waals surface area (Å²) in [4.78, 5) is 11.3. The Kier molecular flexibility index (Phi) is 5.04. The van der Waals surface area contributed by atoms with Gasteiger partial charge in [0.15, 0.2) is 17.1 Å². The molecule has 0 aliphatic rings. The van der Waals surface area contributed by atoms with Crippen LogP contribution in [-0.4, -0.2) is 16.2 Å². The minimum atomic E-state index is -0.413. The molecule has 0 atom stereocenters. The standard InChI is InChI=1S/C18H12FN3OS/c1-24-18-21-8-6-15(22-18)5-4-13-9-14(19)11-17(10-13)23-16-3-2-7-20-12-16/h2-3,6-12H,1H3/p+1. The Balaban J connectivity index is 1.85. The number of hydrogen-bond acceptors (Lipinski definition) is 4. The van der Waals surface area contributed by atoms with Gasteiger partial charge in [0, 0.05) is 23.9 Å². The fourth-order valence-corrected chi connectivity index (χ4v) is 2.27. The summed E-state index contributed by atoms with van der Waals surface area (Å²) in [6, 6.07) is 9.64. The van der Waals surface area contributed by atoms with Crippen molar-refractivity contribution >= 4 is 11.8 Å². The minimum Gasteiger partial charge on any atom is -0.451 e. The molecule has 1 aromatic carbocycles. The number of halogens is 1. The second kappa shape index (κ2) is 7.57. The van der Waals surface area contributed by atoms with Crippen molar-refractivity contribution in [2.24, 2.45) is 0 Å². The number of nitrogens with zero attached hydrogens (tertiary/aromatic N) is 2. The van der Waals surface area contributed by atoms with Gasteiger partial charge in [0.1, 0.15) is 17.3 Å². The van der Waals surface area contributed by atoms with E-state index in [1.165, 1.54) is 23.9 Å². The maximum atomic E-state index is 13.8. The van der Waals surface area contributed by atoms with Crippen molar-refractivity contribution in [3.8, 4) is 23.3 Å². The number of aromatic amines is 1. The summed E-state index contributed by atoms with van der Waals surface area (Å²) in [7, 11) is 0. The highest BCUT2D eigenvalue weighted by molar-refractivity contribution is 7.98. The highest BCUT2D eigenvalue weighted by Crippen LogP contribution is 2.22. The lowest BCUT2D eigenvalue weighted by Gasteiger charge is -2.04. The molecule has 4 nitrogen and oxygen atoms in total. The van der Waals surface area contributed by atoms with Crippen LogP contribution >= 0.6 is 11.8 Å². The molecule has 0 saturated heterocycles. The van der Waals surface area contributed by atoms with Crippen LogP contribution in [0.15, 0.2) is 60.1 Å². The molecule has 0 saturated carbocycles. The van der Waals surface area contributed by atoms with Gasteiger partial charge in [-0.15, -0.1) is 0 Å². The first-order chi connectivity index (χ1) is 11.7. The average Bonchev–Trinajstić information content (AvgIpc) is 2.60. The first kappa shape index (κ1) is 16.0. The van der Waals surface area contributed by atoms with Gasteiger partial charge in [0.2, 0.25) is 6.20 Å². The zero-order valence-electron chi connectivity index (χ0n) is 12.8. The fourth-order valence-electron chi connectivity index (χ4n) is 1.92. The van der Waals surface area contributed by atoms with E-state index < -0.39 is 5.82 Å². The van der Waals surface area contributed by atoms with Gasteiger partial charge < -0.3 is 4.74 Å². The third kappa shape index (κ3) is 4.31. The molecule has 0 spiro atoms. The van der Waals surface area contributed by atoms with Crippen LogP contribution < -0.4 is 9.72 Å². The normalized spacial score (nSPS) is 9.92. The molecule has 2 aromatic heterocycles. The van der Waals surface area contributed by atoms with Crippen molar-refractivity contribution in [1.82, 2.24) is 9.97 Å². The first-order valence-corrected chi connectivity index (χ1v) is 8.29. The highest BCUT2D eigenvalue weighted by Gasteiger charge is 2.03. The second-order valence-electron chi connectivity index (χ2n) is 4.70. The van der Waals surface area contributed by atoms with Gasteiger partial charge in [-0.25, -0.2) is 19.3 Å². The number of rotatable bonds is 3. The molecule has 0 bridgehead atoms. The molecule has 1 N–H and O–H groups in total. The van der Waals surface area contributed by atoms with Crippen molar-refractivity contribution < 1.29 is 14.1 Å². The summed E-state index contributed by atoms with van der Waals surface area (Å²) in [5.74, 6) is 6.37. The fraction of sp³-hybridized carbons (Fsp3) is 0.0556. The minimum absolute atomic E-state index is 0.381. The van der Waals surface area contributed by atoms with Gasteiger partial charge in [-0.1, -0.05) is 17.7 Å². The lowest BCUT2D eigenvalue weighted by molar-refractivity contribution is -0.378. The topological polar surface area (TPSA) is 49.2 Å². The van der Waals surface area contributed by atoms with Gasteiger partial charge >= 0.3 is 0 Å². The van der Waals surface area contributed by atoms with Gasteiger partial charge in [0.05, 0.1) is 0 Å². The number of hydrogen-bond donors (Lipinski definition) is 0. The van der Waals surface area contributed by atoms with Crippen molar-refractivity contribution in [3.05, 3.63) is 72.1 Å². The van der Waals surface area contributed by atoms with Gasteiger partial charge in [-0.05, 0) is 36.4 Å². The molecule has 6 heteroatoms. The molecule has 0 aliphatic heterocycles. The van der Waals surface area contributed by atoms with Crippen LogP contribution in [-0.2, 0) is 0 Å². The summed E-state index contributed by atoms with van der Waals surface area (Å²) in [6.45, 7) is 0. The molecule has 24 heavy (non-hydrogen) atoms. The van der Waals surface area contributed by atoms with E-state index in [-0.39, 0.29) is 0 Å². The second-order valence-corrected chi connectivity index (χ2v) is 5.47. The highest BCUT2D eigenvalue weighted by atomic mass is 32.2. The summed E-state index contributed by atoms with van der Waals surface area (Å²) in [6.07, 6.45) is 6.99. The Morgan fingerprint density at radius 3 is 2.88 bits per heavy atom. The number of pyridine rings is 1. The molecule has 2 heterocycles. The average molecular weight is 338 g/mol. The lowest BCUT2D eigenvalue weighted by Crippen LogP contribution is -1.98. The third-order valence-electron chi connectivity index (χ3n) is 2.94. The maximum absolute atomic E-state index is 13.8. The summed E-state index contributed by atoms with van der Waals surface area (Å²) in [5, 5.41) is 0.644. The van der Waals surface area contributed by atoms with Crippen molar-refractivity contribution in [3.63, 3.8) is 0 Å². The van der Waals surface area contributed by atoms with Crippen LogP contribution in [0.4, 0.5) is 4.39 Å². The zero-order chi connectivity index (χ0) is 16.8. The smallest absolute Gasteiger partial charge is 0.210 e. The first-order valence-electron chi connectivity index (χ1n) is 7.06. The van der Waals surface area contributed by atoms with E-state index in [0.717, 1.165) is 0 Å². The Labute approximate surface area is 143 Å². The van der Waals surface area contributed by atoms with E-state index in [4.69, 9.17) is 4.74 Å². The van der Waals surface area contributed by atoms with E-state index in [2.05, 4.69) is 26.8 Å². The monoisotopic (exact) mass is 338 g/mol. The number of benzene rings is 1. The number of thioether (sulfide) groups is 1. The lowest BCUT2D eigenvalue weighted by atomic mass is 10.2. The predicted molar refractivity (Wildman–Crippen MR) is 89.3 cm³/mol. The Morgan fingerprint density at radius 1 is 1.17 bits per heavy atom. The van der Waals surface area contributed by atoms with Crippen LogP contribution in [0.2, 0.25) is 0 Å². The molecule has 118 valence electrons. The SMILES string of the molecule is CSc1nccc(C#Cc2cc(F)cc(Oc3ccc[nH+]c3)c2)n1. The largest absolute Gasteiger partial charge is 0.451 e. The van der Waals surface area contributed by atoms with E-state index >= 15 is 0 Å². The third-order valence-corrected chi connectivity index (χ3v) is 3.50. The van der Waals surface area contributed by atoms with Crippen molar-refractivity contribution in [2.75, 3.05) is 6.26 Å². The Bertz CT molecular complexity index is 907. The van der Waals surface area contributed by atoms with E-state index in [9.17, 15) is 4.39 Å². The molecule has 0 fully saturated rings. The van der Waals surface area contributed by atoms with E-state index in [0.29, 0.717) is 27.9 Å². The van der Waals surface area contributed by atoms with Crippen LogP contribution in [0.3, 0.4) is 0 Å². The molecular formula is C18H13FN3OS+. The summed E-state index contributed by atoms with van der Waals surface area (Å²) >= 11 is 1.44. The summed E-state index contributed by atoms with van der Waals surface area (Å²) < 4.78 is 19.4. The molecule has 3 aromatic rings. The molecule has 3 rings (SSSR count). The van der Waals surface area contributed by atoms with Crippen molar-refractivity contribution in [1.29, 1.82) is 0 Å². The van der Waals surface area contributed by atoms with Crippen LogP contribution in [0, 0.1) is 17.7 Å². The zero-order valence-corrected chi connectivity index (χ0v) is 13.6. The van der Waals surface area contributed by atoms with Gasteiger partial charge in [-0.2, -0.15) is 0 Å². The van der Waals surface area contributed by atoms with Gasteiger partial charge in [0.25, 0.3) is 0 Å². The molecule has 0 amide bonds.